The summed E-state index contributed by atoms with van der Waals surface area (Å²) in [6, 6.07) is 12.5. The number of fused-ring (bicyclic) bond motifs is 1. The summed E-state index contributed by atoms with van der Waals surface area (Å²) in [5.74, 6) is 1.53. The lowest BCUT2D eigenvalue weighted by Crippen LogP contribution is -2.23. The molecule has 0 aliphatic heterocycles. The highest BCUT2D eigenvalue weighted by atomic mass is 32.2. The van der Waals surface area contributed by atoms with Crippen molar-refractivity contribution in [3.05, 3.63) is 75.3 Å². The molecule has 4 rings (SSSR count). The van der Waals surface area contributed by atoms with Gasteiger partial charge in [-0.25, -0.2) is 4.98 Å². The molecule has 0 bridgehead atoms. The molecule has 3 aromatic heterocycles. The average molecular weight is 441 g/mol. The van der Waals surface area contributed by atoms with Crippen molar-refractivity contribution in [3.8, 4) is 5.75 Å². The third-order valence-electron chi connectivity index (χ3n) is 4.45. The molecule has 0 saturated heterocycles. The topological polar surface area (TPSA) is 74.3 Å². The number of benzene rings is 1. The van der Waals surface area contributed by atoms with Gasteiger partial charge in [-0.15, -0.1) is 11.3 Å². The van der Waals surface area contributed by atoms with E-state index < -0.39 is 0 Å². The van der Waals surface area contributed by atoms with Gasteiger partial charge in [0.15, 0.2) is 10.9 Å². The lowest BCUT2D eigenvalue weighted by Gasteiger charge is -2.10. The predicted molar refractivity (Wildman–Crippen MR) is 119 cm³/mol. The second kappa shape index (κ2) is 8.89. The molecule has 0 aliphatic rings. The molecule has 154 valence electrons. The van der Waals surface area contributed by atoms with Crippen LogP contribution in [0.2, 0.25) is 0 Å². The molecule has 0 atom stereocenters. The van der Waals surface area contributed by atoms with Gasteiger partial charge in [-0.1, -0.05) is 11.8 Å². The van der Waals surface area contributed by atoms with Crippen LogP contribution in [0.5, 0.6) is 5.75 Å². The van der Waals surface area contributed by atoms with Gasteiger partial charge in [-0.3, -0.25) is 14.2 Å². The quantitative estimate of drug-likeness (QED) is 0.223. The lowest BCUT2D eigenvalue weighted by atomic mass is 10.1. The second-order valence-corrected chi connectivity index (χ2v) is 8.79. The van der Waals surface area contributed by atoms with Gasteiger partial charge in [-0.05, 0) is 56.3 Å². The van der Waals surface area contributed by atoms with Crippen LogP contribution in [-0.2, 0) is 6.54 Å². The summed E-state index contributed by atoms with van der Waals surface area (Å²) in [4.78, 5) is 32.1. The van der Waals surface area contributed by atoms with E-state index >= 15 is 0 Å². The maximum atomic E-state index is 13.1. The maximum Gasteiger partial charge on any atom is 0.263 e. The molecule has 8 heteroatoms. The molecular formula is C22H20N2O4S2. The molecule has 6 nitrogen and oxygen atoms in total. The van der Waals surface area contributed by atoms with Gasteiger partial charge in [0, 0.05) is 10.4 Å². The van der Waals surface area contributed by atoms with Gasteiger partial charge in [-0.2, -0.15) is 0 Å². The van der Waals surface area contributed by atoms with Crippen LogP contribution in [0, 0.1) is 6.92 Å². The summed E-state index contributed by atoms with van der Waals surface area (Å²) in [5.41, 5.74) is 0.468. The number of aryl methyl sites for hydroxylation is 1. The Morgan fingerprint density at radius 3 is 2.77 bits per heavy atom. The number of rotatable bonds is 8. The van der Waals surface area contributed by atoms with Crippen molar-refractivity contribution in [1.29, 1.82) is 0 Å². The number of aromatic nitrogens is 2. The molecule has 0 saturated carbocycles. The standard InChI is InChI=1S/C22H20N2O4S2/c1-3-27-16-8-6-15(7-9-16)19(25)13-29-22-23-20-18(11-14(2)30-20)21(26)24(22)12-17-5-4-10-28-17/h4-11H,3,12-13H2,1-2H3. The van der Waals surface area contributed by atoms with Crippen LogP contribution < -0.4 is 10.3 Å². The SMILES string of the molecule is CCOc1ccc(C(=O)CSc2nc3sc(C)cc3c(=O)n2Cc2ccco2)cc1. The molecule has 0 unspecified atom stereocenters. The van der Waals surface area contributed by atoms with Gasteiger partial charge in [0.2, 0.25) is 0 Å². The largest absolute Gasteiger partial charge is 0.494 e. The molecule has 0 spiro atoms. The maximum absolute atomic E-state index is 13.1. The summed E-state index contributed by atoms with van der Waals surface area (Å²) in [6.07, 6.45) is 1.57. The van der Waals surface area contributed by atoms with Crippen LogP contribution in [0.4, 0.5) is 0 Å². The number of nitrogens with zero attached hydrogens (tertiary/aromatic N) is 2. The molecule has 0 aliphatic carbocycles. The van der Waals surface area contributed by atoms with Crippen molar-refractivity contribution in [1.82, 2.24) is 9.55 Å². The number of Topliss-reactive ketones (excluding diaryl/α,β-unsaturated/α-hetero) is 1. The Morgan fingerprint density at radius 1 is 1.27 bits per heavy atom. The van der Waals surface area contributed by atoms with E-state index in [0.717, 1.165) is 10.6 Å². The van der Waals surface area contributed by atoms with Crippen LogP contribution in [0.3, 0.4) is 0 Å². The van der Waals surface area contributed by atoms with E-state index in [0.29, 0.717) is 33.3 Å². The molecule has 1 aromatic carbocycles. The smallest absolute Gasteiger partial charge is 0.263 e. The molecule has 3 heterocycles. The van der Waals surface area contributed by atoms with E-state index in [1.165, 1.54) is 23.1 Å². The summed E-state index contributed by atoms with van der Waals surface area (Å²) >= 11 is 2.73. The first-order chi connectivity index (χ1) is 14.5. The number of thioether (sulfide) groups is 1. The first kappa shape index (κ1) is 20.4. The summed E-state index contributed by atoms with van der Waals surface area (Å²) in [6.45, 7) is 4.71. The van der Waals surface area contributed by atoms with E-state index in [4.69, 9.17) is 9.15 Å². The minimum Gasteiger partial charge on any atom is -0.494 e. The number of ether oxygens (including phenoxy) is 1. The van der Waals surface area contributed by atoms with Gasteiger partial charge in [0.05, 0.1) is 30.6 Å². The fraction of sp³-hybridized carbons (Fsp3) is 0.227. The molecule has 0 amide bonds. The molecule has 0 fully saturated rings. The third kappa shape index (κ3) is 4.34. The highest BCUT2D eigenvalue weighted by Gasteiger charge is 2.17. The van der Waals surface area contributed by atoms with Crippen molar-refractivity contribution in [3.63, 3.8) is 0 Å². The van der Waals surface area contributed by atoms with Gasteiger partial charge in [0.25, 0.3) is 5.56 Å². The fourth-order valence-corrected chi connectivity index (χ4v) is 4.86. The average Bonchev–Trinajstić information content (AvgIpc) is 3.38. The Bertz CT molecular complexity index is 1220. The van der Waals surface area contributed by atoms with E-state index in [1.807, 2.05) is 26.0 Å². The second-order valence-electron chi connectivity index (χ2n) is 6.61. The Balaban J connectivity index is 1.60. The Labute approximate surface area is 181 Å². The lowest BCUT2D eigenvalue weighted by molar-refractivity contribution is 0.102. The van der Waals surface area contributed by atoms with Crippen LogP contribution in [0.1, 0.15) is 27.9 Å². The van der Waals surface area contributed by atoms with Crippen molar-refractivity contribution >= 4 is 39.1 Å². The molecule has 0 radical (unpaired) electrons. The van der Waals surface area contributed by atoms with Crippen molar-refractivity contribution in [2.45, 2.75) is 25.5 Å². The number of hydrogen-bond acceptors (Lipinski definition) is 7. The zero-order valence-electron chi connectivity index (χ0n) is 16.6. The molecule has 30 heavy (non-hydrogen) atoms. The Hall–Kier alpha value is -2.84. The van der Waals surface area contributed by atoms with Crippen molar-refractivity contribution < 1.29 is 13.9 Å². The number of thiophene rings is 1. The van der Waals surface area contributed by atoms with Crippen molar-refractivity contribution in [2.75, 3.05) is 12.4 Å². The summed E-state index contributed by atoms with van der Waals surface area (Å²) in [7, 11) is 0. The predicted octanol–water partition coefficient (Wildman–Crippen LogP) is 4.78. The zero-order chi connectivity index (χ0) is 21.1. The van der Waals surface area contributed by atoms with Gasteiger partial charge in [0.1, 0.15) is 16.3 Å². The monoisotopic (exact) mass is 440 g/mol. The highest BCUT2D eigenvalue weighted by Crippen LogP contribution is 2.25. The van der Waals surface area contributed by atoms with E-state index in [2.05, 4.69) is 4.98 Å². The fourth-order valence-electron chi connectivity index (χ4n) is 3.04. The number of carbonyl (C=O) groups excluding carboxylic acids is 1. The van der Waals surface area contributed by atoms with Crippen LogP contribution >= 0.6 is 23.1 Å². The number of hydrogen-bond donors (Lipinski definition) is 0. The van der Waals surface area contributed by atoms with Crippen LogP contribution in [0.15, 0.2) is 63.1 Å². The Morgan fingerprint density at radius 2 is 2.07 bits per heavy atom. The van der Waals surface area contributed by atoms with E-state index in [9.17, 15) is 9.59 Å². The minimum absolute atomic E-state index is 0.0377. The first-order valence-electron chi connectivity index (χ1n) is 9.47. The van der Waals surface area contributed by atoms with E-state index in [-0.39, 0.29) is 23.6 Å². The Kier molecular flexibility index (Phi) is 6.06. The zero-order valence-corrected chi connectivity index (χ0v) is 18.2. The first-order valence-corrected chi connectivity index (χ1v) is 11.3. The summed E-state index contributed by atoms with van der Waals surface area (Å²) in [5, 5.41) is 1.09. The van der Waals surface area contributed by atoms with E-state index in [1.54, 1.807) is 41.2 Å². The number of furan rings is 1. The van der Waals surface area contributed by atoms with Gasteiger partial charge < -0.3 is 9.15 Å². The van der Waals surface area contributed by atoms with Gasteiger partial charge >= 0.3 is 0 Å². The number of ketones is 1. The highest BCUT2D eigenvalue weighted by molar-refractivity contribution is 7.99. The van der Waals surface area contributed by atoms with Crippen LogP contribution in [-0.4, -0.2) is 27.7 Å². The third-order valence-corrected chi connectivity index (χ3v) is 6.37. The van der Waals surface area contributed by atoms with Crippen LogP contribution in [0.25, 0.3) is 10.2 Å². The van der Waals surface area contributed by atoms with Crippen molar-refractivity contribution in [2.24, 2.45) is 0 Å². The number of carbonyl (C=O) groups is 1. The molecular weight excluding hydrogens is 420 g/mol. The minimum atomic E-state index is -0.128. The molecule has 4 aromatic rings. The normalized spacial score (nSPS) is 11.1. The summed E-state index contributed by atoms with van der Waals surface area (Å²) < 4.78 is 12.4. The molecule has 0 N–H and O–H groups in total.